The van der Waals surface area contributed by atoms with E-state index in [2.05, 4.69) is 6.92 Å². The normalized spacial score (nSPS) is 42.5. The fourth-order valence-electron chi connectivity index (χ4n) is 2.89. The van der Waals surface area contributed by atoms with Crippen LogP contribution in [0, 0.1) is 17.3 Å². The number of aliphatic hydroxyl groups is 3. The number of aliphatic hydroxyl groups excluding tert-OH is 3. The fourth-order valence-corrected chi connectivity index (χ4v) is 2.89. The van der Waals surface area contributed by atoms with E-state index < -0.39 is 6.10 Å². The molecule has 1 rings (SSSR count). The molecule has 1 aliphatic carbocycles. The van der Waals surface area contributed by atoms with Crippen molar-refractivity contribution in [1.29, 1.82) is 0 Å². The van der Waals surface area contributed by atoms with Crippen molar-refractivity contribution in [3.63, 3.8) is 0 Å². The molecule has 0 saturated heterocycles. The maximum Gasteiger partial charge on any atom is 0.0692 e. The zero-order chi connectivity index (χ0) is 12.3. The molecule has 3 heteroatoms. The summed E-state index contributed by atoms with van der Waals surface area (Å²) in [6.07, 6.45) is 4.39. The van der Waals surface area contributed by atoms with Crippen LogP contribution in [0.3, 0.4) is 0 Å². The SMILES string of the molecule is CC(O)C=CC1C(C)CC(O)CC1(C)CO. The van der Waals surface area contributed by atoms with Gasteiger partial charge < -0.3 is 15.3 Å². The van der Waals surface area contributed by atoms with Gasteiger partial charge in [0.25, 0.3) is 0 Å². The van der Waals surface area contributed by atoms with Gasteiger partial charge in [-0.15, -0.1) is 0 Å². The summed E-state index contributed by atoms with van der Waals surface area (Å²) in [5.74, 6) is 0.548. The number of allylic oxidation sites excluding steroid dienone is 1. The van der Waals surface area contributed by atoms with Gasteiger partial charge in [-0.3, -0.25) is 0 Å². The molecule has 0 aromatic carbocycles. The first kappa shape index (κ1) is 13.7. The molecular formula is C13H24O3. The fraction of sp³-hybridized carbons (Fsp3) is 0.846. The highest BCUT2D eigenvalue weighted by molar-refractivity contribution is 5.04. The van der Waals surface area contributed by atoms with Crippen molar-refractivity contribution in [3.05, 3.63) is 12.2 Å². The molecule has 0 bridgehead atoms. The molecule has 0 radical (unpaired) electrons. The molecule has 0 amide bonds. The third-order valence-corrected chi connectivity index (χ3v) is 3.72. The van der Waals surface area contributed by atoms with Crippen LogP contribution in [-0.4, -0.2) is 34.1 Å². The molecule has 1 aliphatic rings. The van der Waals surface area contributed by atoms with Crippen LogP contribution in [0.1, 0.15) is 33.6 Å². The van der Waals surface area contributed by atoms with Crippen molar-refractivity contribution in [2.24, 2.45) is 17.3 Å². The van der Waals surface area contributed by atoms with E-state index in [1.54, 1.807) is 13.0 Å². The molecule has 16 heavy (non-hydrogen) atoms. The van der Waals surface area contributed by atoms with Gasteiger partial charge in [-0.05, 0) is 37.0 Å². The second kappa shape index (κ2) is 5.30. The molecule has 0 heterocycles. The zero-order valence-electron chi connectivity index (χ0n) is 10.4. The first-order valence-electron chi connectivity index (χ1n) is 6.04. The van der Waals surface area contributed by atoms with Gasteiger partial charge in [-0.25, -0.2) is 0 Å². The topological polar surface area (TPSA) is 60.7 Å². The summed E-state index contributed by atoms with van der Waals surface area (Å²) in [6, 6.07) is 0. The molecule has 1 fully saturated rings. The van der Waals surface area contributed by atoms with Crippen LogP contribution in [-0.2, 0) is 0 Å². The van der Waals surface area contributed by atoms with E-state index in [0.717, 1.165) is 6.42 Å². The average Bonchev–Trinajstić information content (AvgIpc) is 2.15. The highest BCUT2D eigenvalue weighted by atomic mass is 16.3. The maximum atomic E-state index is 9.76. The smallest absolute Gasteiger partial charge is 0.0692 e. The molecule has 94 valence electrons. The number of rotatable bonds is 3. The Hall–Kier alpha value is -0.380. The quantitative estimate of drug-likeness (QED) is 0.639. The summed E-state index contributed by atoms with van der Waals surface area (Å²) < 4.78 is 0. The largest absolute Gasteiger partial charge is 0.396 e. The van der Waals surface area contributed by atoms with Crippen LogP contribution in [0.25, 0.3) is 0 Å². The van der Waals surface area contributed by atoms with Crippen LogP contribution in [0.4, 0.5) is 0 Å². The lowest BCUT2D eigenvalue weighted by Crippen LogP contribution is -2.43. The van der Waals surface area contributed by atoms with Gasteiger partial charge in [0.15, 0.2) is 0 Å². The van der Waals surface area contributed by atoms with Crippen molar-refractivity contribution in [2.75, 3.05) is 6.61 Å². The Labute approximate surface area is 97.8 Å². The van der Waals surface area contributed by atoms with Gasteiger partial charge >= 0.3 is 0 Å². The monoisotopic (exact) mass is 228 g/mol. The predicted molar refractivity (Wildman–Crippen MR) is 63.9 cm³/mol. The lowest BCUT2D eigenvalue weighted by Gasteiger charge is -2.45. The Bertz CT molecular complexity index is 250. The van der Waals surface area contributed by atoms with Gasteiger partial charge in [0.2, 0.25) is 0 Å². The van der Waals surface area contributed by atoms with Gasteiger partial charge in [-0.2, -0.15) is 0 Å². The summed E-state index contributed by atoms with van der Waals surface area (Å²) >= 11 is 0. The number of hydrogen-bond acceptors (Lipinski definition) is 3. The maximum absolute atomic E-state index is 9.76. The van der Waals surface area contributed by atoms with Gasteiger partial charge in [0.05, 0.1) is 12.2 Å². The molecule has 1 saturated carbocycles. The minimum atomic E-state index is -0.456. The van der Waals surface area contributed by atoms with Crippen molar-refractivity contribution in [1.82, 2.24) is 0 Å². The first-order chi connectivity index (χ1) is 7.39. The van der Waals surface area contributed by atoms with Crippen LogP contribution in [0.2, 0.25) is 0 Å². The van der Waals surface area contributed by atoms with Crippen LogP contribution < -0.4 is 0 Å². The molecule has 5 unspecified atom stereocenters. The summed E-state index contributed by atoms with van der Waals surface area (Å²) in [4.78, 5) is 0. The van der Waals surface area contributed by atoms with Gasteiger partial charge in [0.1, 0.15) is 0 Å². The second-order valence-electron chi connectivity index (χ2n) is 5.53. The predicted octanol–water partition coefficient (Wildman–Crippen LogP) is 1.33. The minimum absolute atomic E-state index is 0.0726. The molecule has 5 atom stereocenters. The molecule has 0 aliphatic heterocycles. The minimum Gasteiger partial charge on any atom is -0.396 e. The van der Waals surface area contributed by atoms with E-state index in [4.69, 9.17) is 0 Å². The van der Waals surface area contributed by atoms with Crippen LogP contribution >= 0.6 is 0 Å². The Balaban J connectivity index is 2.84. The van der Waals surface area contributed by atoms with E-state index in [1.807, 2.05) is 13.0 Å². The van der Waals surface area contributed by atoms with E-state index in [-0.39, 0.29) is 24.0 Å². The number of hydrogen-bond donors (Lipinski definition) is 3. The van der Waals surface area contributed by atoms with Crippen molar-refractivity contribution >= 4 is 0 Å². The molecular weight excluding hydrogens is 204 g/mol. The standard InChI is InChI=1S/C13H24O3/c1-9-6-11(16)7-13(3,8-14)12(9)5-4-10(2)15/h4-5,9-12,14-16H,6-8H2,1-3H3. The van der Waals surface area contributed by atoms with Crippen LogP contribution in [0.15, 0.2) is 12.2 Å². The Morgan fingerprint density at radius 2 is 2.12 bits per heavy atom. The summed E-state index contributed by atoms with van der Waals surface area (Å²) in [6.45, 7) is 5.88. The molecule has 3 N–H and O–H groups in total. The average molecular weight is 228 g/mol. The highest BCUT2D eigenvalue weighted by Crippen LogP contribution is 2.44. The highest BCUT2D eigenvalue weighted by Gasteiger charge is 2.41. The lowest BCUT2D eigenvalue weighted by atomic mass is 9.62. The third kappa shape index (κ3) is 3.06. The zero-order valence-corrected chi connectivity index (χ0v) is 10.4. The molecule has 0 aromatic heterocycles. The first-order valence-corrected chi connectivity index (χ1v) is 6.04. The van der Waals surface area contributed by atoms with Crippen molar-refractivity contribution in [3.8, 4) is 0 Å². The summed E-state index contributed by atoms with van der Waals surface area (Å²) in [5, 5.41) is 28.5. The summed E-state index contributed by atoms with van der Waals surface area (Å²) in [5.41, 5.74) is -0.275. The van der Waals surface area contributed by atoms with Gasteiger partial charge in [-0.1, -0.05) is 26.0 Å². The second-order valence-corrected chi connectivity index (χ2v) is 5.53. The summed E-state index contributed by atoms with van der Waals surface area (Å²) in [7, 11) is 0. The van der Waals surface area contributed by atoms with Crippen LogP contribution in [0.5, 0.6) is 0 Å². The molecule has 0 spiro atoms. The van der Waals surface area contributed by atoms with Crippen molar-refractivity contribution in [2.45, 2.75) is 45.8 Å². The Morgan fingerprint density at radius 3 is 2.62 bits per heavy atom. The Kier molecular flexibility index (Phi) is 4.53. The van der Waals surface area contributed by atoms with E-state index >= 15 is 0 Å². The van der Waals surface area contributed by atoms with E-state index in [0.29, 0.717) is 12.3 Å². The Morgan fingerprint density at radius 1 is 1.50 bits per heavy atom. The van der Waals surface area contributed by atoms with E-state index in [9.17, 15) is 15.3 Å². The molecule has 0 aromatic rings. The third-order valence-electron chi connectivity index (χ3n) is 3.72. The van der Waals surface area contributed by atoms with Gasteiger partial charge in [0, 0.05) is 6.61 Å². The van der Waals surface area contributed by atoms with Crippen molar-refractivity contribution < 1.29 is 15.3 Å². The molecule has 3 nitrogen and oxygen atoms in total. The van der Waals surface area contributed by atoms with E-state index in [1.165, 1.54) is 0 Å². The lowest BCUT2D eigenvalue weighted by molar-refractivity contribution is -0.0337.